The van der Waals surface area contributed by atoms with Gasteiger partial charge in [-0.15, -0.1) is 24.2 Å². The summed E-state index contributed by atoms with van der Waals surface area (Å²) in [7, 11) is 0. The van der Waals surface area contributed by atoms with Crippen LogP contribution in [0, 0.1) is 0 Å². The first kappa shape index (κ1) is 18.6. The van der Waals surface area contributed by atoms with Crippen molar-refractivity contribution in [2.24, 2.45) is 0 Å². The molecule has 0 aliphatic carbocycles. The van der Waals surface area contributed by atoms with Gasteiger partial charge in [0, 0.05) is 32.0 Å². The van der Waals surface area contributed by atoms with Crippen molar-refractivity contribution in [2.45, 2.75) is 45.0 Å². The van der Waals surface area contributed by atoms with E-state index in [1.165, 1.54) is 29.5 Å². The second-order valence-electron chi connectivity index (χ2n) is 5.99. The van der Waals surface area contributed by atoms with Gasteiger partial charge in [0.05, 0.1) is 11.9 Å². The van der Waals surface area contributed by atoms with E-state index in [0.717, 1.165) is 31.9 Å². The van der Waals surface area contributed by atoms with Gasteiger partial charge in [-0.05, 0) is 36.0 Å². The lowest BCUT2D eigenvalue weighted by Gasteiger charge is -2.21. The van der Waals surface area contributed by atoms with Crippen molar-refractivity contribution in [3.05, 3.63) is 34.9 Å². The summed E-state index contributed by atoms with van der Waals surface area (Å²) in [4.78, 5) is 11.9. The highest BCUT2D eigenvalue weighted by Crippen LogP contribution is 2.18. The Balaban J connectivity index is 0.00000192. The number of carbonyl (C=O) groups is 1. The third kappa shape index (κ3) is 5.68. The van der Waals surface area contributed by atoms with Gasteiger partial charge >= 0.3 is 0 Å². The van der Waals surface area contributed by atoms with Crippen LogP contribution in [0.5, 0.6) is 0 Å². The lowest BCUT2D eigenvalue weighted by molar-refractivity contribution is -0.118. The van der Waals surface area contributed by atoms with Gasteiger partial charge in [-0.1, -0.05) is 18.2 Å². The minimum absolute atomic E-state index is 0. The van der Waals surface area contributed by atoms with Gasteiger partial charge in [-0.25, -0.2) is 0 Å². The molecule has 1 fully saturated rings. The molecule has 3 rings (SSSR count). The first-order chi connectivity index (χ1) is 10.8. The molecule has 0 bridgehead atoms. The molecule has 2 heterocycles. The quantitative estimate of drug-likeness (QED) is 0.822. The molecule has 2 aliphatic rings. The first-order valence-corrected chi connectivity index (χ1v) is 9.24. The normalized spacial score (nSPS) is 19.7. The average Bonchev–Trinajstić information content (AvgIpc) is 3.01. The van der Waals surface area contributed by atoms with Gasteiger partial charge in [0.25, 0.3) is 0 Å². The maximum absolute atomic E-state index is 11.9. The number of carbonyl (C=O) groups excluding carboxylic acids is 1. The van der Waals surface area contributed by atoms with Crippen LogP contribution in [0.1, 0.15) is 36.0 Å². The second kappa shape index (κ2) is 9.52. The van der Waals surface area contributed by atoms with Gasteiger partial charge < -0.3 is 15.4 Å². The predicted molar refractivity (Wildman–Crippen MR) is 97.0 cm³/mol. The van der Waals surface area contributed by atoms with Gasteiger partial charge in [0.1, 0.15) is 0 Å². The molecular formula is C17H25ClN2O2S. The topological polar surface area (TPSA) is 50.4 Å². The summed E-state index contributed by atoms with van der Waals surface area (Å²) < 4.78 is 5.67. The Kier molecular flexibility index (Phi) is 7.70. The molecule has 1 unspecified atom stereocenters. The van der Waals surface area contributed by atoms with E-state index in [-0.39, 0.29) is 18.3 Å². The van der Waals surface area contributed by atoms with Gasteiger partial charge in [0.15, 0.2) is 0 Å². The maximum Gasteiger partial charge on any atom is 0.230 e. The van der Waals surface area contributed by atoms with Crippen LogP contribution < -0.4 is 10.6 Å². The monoisotopic (exact) mass is 356 g/mol. The molecule has 6 heteroatoms. The summed E-state index contributed by atoms with van der Waals surface area (Å²) in [5.41, 5.74) is 3.91. The van der Waals surface area contributed by atoms with E-state index in [1.807, 2.05) is 0 Å². The predicted octanol–water partition coefficient (Wildman–Crippen LogP) is 2.63. The van der Waals surface area contributed by atoms with E-state index in [0.29, 0.717) is 18.4 Å². The highest BCUT2D eigenvalue weighted by molar-refractivity contribution is 7.99. The van der Waals surface area contributed by atoms with Crippen molar-refractivity contribution in [1.82, 2.24) is 10.6 Å². The third-order valence-electron chi connectivity index (χ3n) is 4.20. The molecule has 0 radical (unpaired) electrons. The highest BCUT2D eigenvalue weighted by atomic mass is 35.5. The fourth-order valence-electron chi connectivity index (χ4n) is 2.93. The minimum Gasteiger partial charge on any atom is -0.377 e. The molecular weight excluding hydrogens is 332 g/mol. The Hall–Kier alpha value is -0.750. The molecule has 1 aromatic rings. The molecule has 0 saturated carbocycles. The number of rotatable bonds is 6. The molecule has 1 atom stereocenters. The summed E-state index contributed by atoms with van der Waals surface area (Å²) >= 11 is 1.68. The number of benzene rings is 1. The van der Waals surface area contributed by atoms with Crippen LogP contribution in [0.15, 0.2) is 18.2 Å². The molecule has 0 aromatic heterocycles. The number of halogens is 1. The van der Waals surface area contributed by atoms with E-state index in [1.54, 1.807) is 11.8 Å². The van der Waals surface area contributed by atoms with E-state index in [4.69, 9.17) is 4.74 Å². The number of nitrogens with one attached hydrogen (secondary N) is 2. The Morgan fingerprint density at radius 2 is 2.17 bits per heavy atom. The largest absolute Gasteiger partial charge is 0.377 e. The average molecular weight is 357 g/mol. The Morgan fingerprint density at radius 3 is 3.00 bits per heavy atom. The van der Waals surface area contributed by atoms with Crippen molar-refractivity contribution in [3.63, 3.8) is 0 Å². The summed E-state index contributed by atoms with van der Waals surface area (Å²) in [6.07, 6.45) is 3.91. The van der Waals surface area contributed by atoms with Gasteiger partial charge in [0.2, 0.25) is 5.91 Å². The SMILES string of the molecule is Cl.O=C(CSCC1CCCCO1)NCc1ccc2c(c1)CNC2. The molecule has 1 aromatic carbocycles. The number of hydrogen-bond donors (Lipinski definition) is 2. The number of ether oxygens (including phenoxy) is 1. The molecule has 2 aliphatic heterocycles. The molecule has 4 nitrogen and oxygen atoms in total. The van der Waals surface area contributed by atoms with Crippen LogP contribution in [0.2, 0.25) is 0 Å². The van der Waals surface area contributed by atoms with Crippen LogP contribution in [0.4, 0.5) is 0 Å². The third-order valence-corrected chi connectivity index (χ3v) is 5.28. The van der Waals surface area contributed by atoms with Gasteiger partial charge in [-0.3, -0.25) is 4.79 Å². The number of amides is 1. The Morgan fingerprint density at radius 1 is 1.30 bits per heavy atom. The minimum atomic E-state index is 0. The van der Waals surface area contributed by atoms with Crippen molar-refractivity contribution < 1.29 is 9.53 Å². The Labute approximate surface area is 148 Å². The van der Waals surface area contributed by atoms with Crippen molar-refractivity contribution in [2.75, 3.05) is 18.1 Å². The van der Waals surface area contributed by atoms with Crippen LogP contribution >= 0.6 is 24.2 Å². The van der Waals surface area contributed by atoms with E-state index >= 15 is 0 Å². The summed E-state index contributed by atoms with van der Waals surface area (Å²) in [6, 6.07) is 6.46. The standard InChI is InChI=1S/C17H24N2O2S.ClH/c20-17(12-22-11-16-3-1-2-6-21-16)19-8-13-4-5-14-9-18-10-15(14)7-13;/h4-5,7,16,18H,1-3,6,8-12H2,(H,19,20);1H. The van der Waals surface area contributed by atoms with E-state index in [9.17, 15) is 4.79 Å². The van der Waals surface area contributed by atoms with Crippen LogP contribution in [-0.2, 0) is 29.2 Å². The van der Waals surface area contributed by atoms with E-state index < -0.39 is 0 Å². The molecule has 128 valence electrons. The second-order valence-corrected chi connectivity index (χ2v) is 7.02. The van der Waals surface area contributed by atoms with Gasteiger partial charge in [-0.2, -0.15) is 0 Å². The molecule has 0 spiro atoms. The molecule has 1 saturated heterocycles. The maximum atomic E-state index is 11.9. The molecule has 1 amide bonds. The van der Waals surface area contributed by atoms with Crippen LogP contribution in [0.25, 0.3) is 0 Å². The lowest BCUT2D eigenvalue weighted by Crippen LogP contribution is -2.26. The first-order valence-electron chi connectivity index (χ1n) is 8.09. The zero-order valence-corrected chi connectivity index (χ0v) is 14.9. The van der Waals surface area contributed by atoms with E-state index in [2.05, 4.69) is 28.8 Å². The zero-order valence-electron chi connectivity index (χ0n) is 13.3. The summed E-state index contributed by atoms with van der Waals surface area (Å²) in [5.74, 6) is 1.56. The van der Waals surface area contributed by atoms with Crippen molar-refractivity contribution in [3.8, 4) is 0 Å². The molecule has 23 heavy (non-hydrogen) atoms. The lowest BCUT2D eigenvalue weighted by atomic mass is 10.1. The fourth-order valence-corrected chi connectivity index (χ4v) is 3.86. The smallest absolute Gasteiger partial charge is 0.230 e. The van der Waals surface area contributed by atoms with Crippen molar-refractivity contribution in [1.29, 1.82) is 0 Å². The summed E-state index contributed by atoms with van der Waals surface area (Å²) in [6.45, 7) is 3.40. The number of fused-ring (bicyclic) bond motifs is 1. The Bertz CT molecular complexity index is 521. The van der Waals surface area contributed by atoms with Crippen LogP contribution in [0.3, 0.4) is 0 Å². The zero-order chi connectivity index (χ0) is 15.2. The summed E-state index contributed by atoms with van der Waals surface area (Å²) in [5, 5.41) is 6.34. The van der Waals surface area contributed by atoms with Crippen molar-refractivity contribution >= 4 is 30.1 Å². The molecule has 2 N–H and O–H groups in total. The highest BCUT2D eigenvalue weighted by Gasteiger charge is 2.14. The number of thioether (sulfide) groups is 1. The fraction of sp³-hybridized carbons (Fsp3) is 0.588. The number of hydrogen-bond acceptors (Lipinski definition) is 4. The van der Waals surface area contributed by atoms with Crippen LogP contribution in [-0.4, -0.2) is 30.1 Å².